The first kappa shape index (κ1) is 18.4. The van der Waals surface area contributed by atoms with Gasteiger partial charge in [-0.2, -0.15) is 5.10 Å². The summed E-state index contributed by atoms with van der Waals surface area (Å²) in [5, 5.41) is 5.82. The largest absolute Gasteiger partial charge is 0.497 e. The van der Waals surface area contributed by atoms with Crippen LogP contribution in [0, 0.1) is 11.8 Å². The van der Waals surface area contributed by atoms with Crippen LogP contribution in [0.3, 0.4) is 0 Å². The number of benzene rings is 1. The van der Waals surface area contributed by atoms with Gasteiger partial charge in [-0.15, -0.1) is 0 Å². The summed E-state index contributed by atoms with van der Waals surface area (Å²) >= 11 is 0. The first-order valence-corrected chi connectivity index (χ1v) is 11.1. The molecule has 152 valence electrons. The molecule has 1 saturated carbocycles. The van der Waals surface area contributed by atoms with Crippen molar-refractivity contribution in [3.63, 3.8) is 0 Å². The van der Waals surface area contributed by atoms with Crippen LogP contribution in [-0.2, 0) is 11.3 Å². The summed E-state index contributed by atoms with van der Waals surface area (Å²) < 4.78 is 13.8. The Labute approximate surface area is 168 Å². The molecule has 2 aliphatic heterocycles. The fraction of sp³-hybridized carbons (Fsp3) is 0.696. The normalized spacial score (nSPS) is 28.7. The number of fused-ring (bicyclic) bond motifs is 3. The van der Waals surface area contributed by atoms with Crippen molar-refractivity contribution < 1.29 is 9.47 Å². The molecule has 3 heterocycles. The van der Waals surface area contributed by atoms with Crippen molar-refractivity contribution in [1.29, 1.82) is 0 Å². The van der Waals surface area contributed by atoms with Gasteiger partial charge in [0.1, 0.15) is 5.75 Å². The zero-order valence-corrected chi connectivity index (χ0v) is 17.2. The highest BCUT2D eigenvalue weighted by Gasteiger charge is 2.41. The lowest BCUT2D eigenvalue weighted by atomic mass is 9.98. The molecule has 1 aromatic heterocycles. The molecule has 4 atom stereocenters. The monoisotopic (exact) mass is 383 g/mol. The number of aromatic nitrogens is 2. The van der Waals surface area contributed by atoms with Crippen molar-refractivity contribution in [2.45, 2.75) is 70.2 Å². The Bertz CT molecular complexity index is 801. The Morgan fingerprint density at radius 3 is 2.61 bits per heavy atom. The van der Waals surface area contributed by atoms with Gasteiger partial charge >= 0.3 is 0 Å². The zero-order valence-electron chi connectivity index (χ0n) is 17.2. The van der Waals surface area contributed by atoms with Gasteiger partial charge in [-0.05, 0) is 62.5 Å². The van der Waals surface area contributed by atoms with E-state index in [9.17, 15) is 0 Å². The summed E-state index contributed by atoms with van der Waals surface area (Å²) in [5.41, 5.74) is 1.17. The van der Waals surface area contributed by atoms with E-state index in [0.717, 1.165) is 43.4 Å². The molecule has 28 heavy (non-hydrogen) atoms. The van der Waals surface area contributed by atoms with Crippen molar-refractivity contribution in [3.8, 4) is 5.75 Å². The van der Waals surface area contributed by atoms with Gasteiger partial charge in [0.25, 0.3) is 0 Å². The number of ether oxygens (including phenoxy) is 2. The Balaban J connectivity index is 1.20. The SMILES string of the molecule is COc1ccc2cnn(C[C@H](C)CN3[C@@H]4CC[C@H]3C[C@@H](OCC3CC3)C4)c2c1. The third kappa shape index (κ3) is 3.79. The lowest BCUT2D eigenvalue weighted by Gasteiger charge is -2.40. The molecule has 0 spiro atoms. The molecule has 0 unspecified atom stereocenters. The van der Waals surface area contributed by atoms with Crippen LogP contribution < -0.4 is 4.74 Å². The number of rotatable bonds is 8. The molecule has 5 heteroatoms. The summed E-state index contributed by atoms with van der Waals surface area (Å²) in [6.45, 7) is 5.49. The van der Waals surface area contributed by atoms with Crippen LogP contribution in [0.25, 0.3) is 10.9 Å². The zero-order chi connectivity index (χ0) is 19.1. The summed E-state index contributed by atoms with van der Waals surface area (Å²) in [5.74, 6) is 2.34. The third-order valence-electron chi connectivity index (χ3n) is 6.96. The van der Waals surface area contributed by atoms with E-state index in [2.05, 4.69) is 33.7 Å². The summed E-state index contributed by atoms with van der Waals surface area (Å²) in [6.07, 6.45) is 10.4. The first-order valence-electron chi connectivity index (χ1n) is 11.1. The van der Waals surface area contributed by atoms with E-state index in [0.29, 0.717) is 12.0 Å². The maximum absolute atomic E-state index is 6.24. The highest BCUT2D eigenvalue weighted by molar-refractivity contribution is 5.80. The maximum Gasteiger partial charge on any atom is 0.121 e. The fourth-order valence-corrected chi connectivity index (χ4v) is 5.25. The second kappa shape index (κ2) is 7.68. The molecule has 2 bridgehead atoms. The van der Waals surface area contributed by atoms with Crippen molar-refractivity contribution in [2.24, 2.45) is 11.8 Å². The number of hydrogen-bond acceptors (Lipinski definition) is 4. The minimum absolute atomic E-state index is 0.507. The Morgan fingerprint density at radius 1 is 1.11 bits per heavy atom. The summed E-state index contributed by atoms with van der Waals surface area (Å²) in [6, 6.07) is 7.64. The van der Waals surface area contributed by atoms with E-state index in [4.69, 9.17) is 9.47 Å². The molecule has 3 fully saturated rings. The molecular weight excluding hydrogens is 350 g/mol. The van der Waals surface area contributed by atoms with Crippen LogP contribution >= 0.6 is 0 Å². The molecule has 2 saturated heterocycles. The van der Waals surface area contributed by atoms with Crippen molar-refractivity contribution in [3.05, 3.63) is 24.4 Å². The number of methoxy groups -OCH3 is 1. The summed E-state index contributed by atoms with van der Waals surface area (Å²) in [7, 11) is 1.72. The van der Waals surface area contributed by atoms with Gasteiger partial charge in [-0.25, -0.2) is 0 Å². The molecule has 3 aliphatic rings. The standard InChI is InChI=1S/C23H33N3O2/c1-16(14-26-23-11-21(27-2)8-5-18(23)12-24-26)13-25-19-6-7-20(25)10-22(9-19)28-15-17-3-4-17/h5,8,11-12,16-17,19-20,22H,3-4,6-7,9-10,13-15H2,1-2H3/t16-,19-,20+,22+/m1/s1. The van der Waals surface area contributed by atoms with E-state index in [1.54, 1.807) is 7.11 Å². The van der Waals surface area contributed by atoms with Gasteiger partial charge in [0.05, 0.1) is 24.9 Å². The number of piperidine rings is 1. The average molecular weight is 384 g/mol. The smallest absolute Gasteiger partial charge is 0.121 e. The van der Waals surface area contributed by atoms with Crippen molar-refractivity contribution >= 4 is 10.9 Å². The molecule has 1 aromatic carbocycles. The Hall–Kier alpha value is -1.59. The lowest BCUT2D eigenvalue weighted by molar-refractivity contribution is -0.0276. The maximum atomic E-state index is 6.24. The molecule has 1 aliphatic carbocycles. The molecule has 0 radical (unpaired) electrons. The fourth-order valence-electron chi connectivity index (χ4n) is 5.25. The van der Waals surface area contributed by atoms with E-state index < -0.39 is 0 Å². The minimum atomic E-state index is 0.507. The van der Waals surface area contributed by atoms with Crippen LogP contribution in [0.15, 0.2) is 24.4 Å². The van der Waals surface area contributed by atoms with E-state index in [1.807, 2.05) is 12.3 Å². The first-order chi connectivity index (χ1) is 13.7. The number of nitrogens with zero attached hydrogens (tertiary/aromatic N) is 3. The summed E-state index contributed by atoms with van der Waals surface area (Å²) in [4.78, 5) is 2.79. The van der Waals surface area contributed by atoms with Crippen LogP contribution in [-0.4, -0.2) is 53.1 Å². The predicted octanol–water partition coefficient (Wildman–Crippen LogP) is 4.10. The quantitative estimate of drug-likeness (QED) is 0.688. The second-order valence-corrected chi connectivity index (χ2v) is 9.31. The van der Waals surface area contributed by atoms with Gasteiger partial charge in [0.2, 0.25) is 0 Å². The van der Waals surface area contributed by atoms with Crippen molar-refractivity contribution in [2.75, 3.05) is 20.3 Å². The Morgan fingerprint density at radius 2 is 1.89 bits per heavy atom. The molecule has 5 rings (SSSR count). The van der Waals surface area contributed by atoms with E-state index >= 15 is 0 Å². The van der Waals surface area contributed by atoms with Crippen LogP contribution in [0.2, 0.25) is 0 Å². The average Bonchev–Trinajstić information content (AvgIpc) is 3.42. The van der Waals surface area contributed by atoms with Gasteiger partial charge in [-0.1, -0.05) is 6.92 Å². The van der Waals surface area contributed by atoms with Gasteiger partial charge < -0.3 is 9.47 Å². The lowest BCUT2D eigenvalue weighted by Crippen LogP contribution is -2.47. The molecule has 5 nitrogen and oxygen atoms in total. The van der Waals surface area contributed by atoms with Gasteiger partial charge in [0, 0.05) is 43.2 Å². The molecule has 2 aromatic rings. The van der Waals surface area contributed by atoms with Crippen LogP contribution in [0.1, 0.15) is 45.4 Å². The van der Waals surface area contributed by atoms with Crippen LogP contribution in [0.5, 0.6) is 5.75 Å². The molecule has 0 amide bonds. The molecular formula is C23H33N3O2. The van der Waals surface area contributed by atoms with E-state index in [-0.39, 0.29) is 0 Å². The second-order valence-electron chi connectivity index (χ2n) is 9.31. The highest BCUT2D eigenvalue weighted by Crippen LogP contribution is 2.38. The van der Waals surface area contributed by atoms with E-state index in [1.165, 1.54) is 49.4 Å². The van der Waals surface area contributed by atoms with Gasteiger partial charge in [0.15, 0.2) is 0 Å². The topological polar surface area (TPSA) is 39.5 Å². The Kier molecular flexibility index (Phi) is 5.06. The minimum Gasteiger partial charge on any atom is -0.497 e. The third-order valence-corrected chi connectivity index (χ3v) is 6.96. The van der Waals surface area contributed by atoms with Crippen molar-refractivity contribution in [1.82, 2.24) is 14.7 Å². The van der Waals surface area contributed by atoms with Gasteiger partial charge in [-0.3, -0.25) is 9.58 Å². The molecule has 0 N–H and O–H groups in total. The highest BCUT2D eigenvalue weighted by atomic mass is 16.5. The predicted molar refractivity (Wildman–Crippen MR) is 111 cm³/mol. The number of hydrogen-bond donors (Lipinski definition) is 0. The van der Waals surface area contributed by atoms with Crippen LogP contribution in [0.4, 0.5) is 0 Å².